The number of amides is 1. The van der Waals surface area contributed by atoms with Crippen molar-refractivity contribution in [1.82, 2.24) is 10.2 Å². The van der Waals surface area contributed by atoms with Crippen molar-refractivity contribution in [3.8, 4) is 0 Å². The van der Waals surface area contributed by atoms with Gasteiger partial charge in [0.2, 0.25) is 5.91 Å². The first-order valence-electron chi connectivity index (χ1n) is 10.3. The molecule has 2 aliphatic heterocycles. The quantitative estimate of drug-likeness (QED) is 0.900. The van der Waals surface area contributed by atoms with Crippen LogP contribution in [0.15, 0.2) is 18.2 Å². The van der Waals surface area contributed by atoms with Gasteiger partial charge in [-0.05, 0) is 69.1 Å². The lowest BCUT2D eigenvalue weighted by atomic mass is 9.82. The summed E-state index contributed by atoms with van der Waals surface area (Å²) in [5, 5.41) is 3.28. The van der Waals surface area contributed by atoms with Gasteiger partial charge in [-0.2, -0.15) is 0 Å². The summed E-state index contributed by atoms with van der Waals surface area (Å²) in [5.41, 5.74) is 4.13. The Morgan fingerprint density at radius 1 is 1.19 bits per heavy atom. The molecule has 1 atom stereocenters. The number of piperidine rings is 1. The average Bonchev–Trinajstić information content (AvgIpc) is 3.46. The van der Waals surface area contributed by atoms with Crippen molar-refractivity contribution in [2.45, 2.75) is 70.6 Å². The van der Waals surface area contributed by atoms with Gasteiger partial charge in [-0.25, -0.2) is 0 Å². The van der Waals surface area contributed by atoms with Gasteiger partial charge in [0.05, 0.1) is 5.60 Å². The second-order valence-corrected chi connectivity index (χ2v) is 8.70. The minimum absolute atomic E-state index is 0.0144. The van der Waals surface area contributed by atoms with Gasteiger partial charge in [0.15, 0.2) is 0 Å². The van der Waals surface area contributed by atoms with Gasteiger partial charge >= 0.3 is 0 Å². The van der Waals surface area contributed by atoms with Gasteiger partial charge in [0.25, 0.3) is 0 Å². The van der Waals surface area contributed by atoms with E-state index >= 15 is 0 Å². The zero-order valence-corrected chi connectivity index (χ0v) is 16.2. The summed E-state index contributed by atoms with van der Waals surface area (Å²) in [6.07, 6.45) is 6.26. The Balaban J connectivity index is 1.30. The molecular weight excluding hydrogens is 324 g/mol. The Hall–Kier alpha value is -1.39. The summed E-state index contributed by atoms with van der Waals surface area (Å²) in [4.78, 5) is 14.6. The average molecular weight is 357 g/mol. The lowest BCUT2D eigenvalue weighted by Crippen LogP contribution is -2.53. The number of aryl methyl sites for hydroxylation is 2. The van der Waals surface area contributed by atoms with Crippen LogP contribution in [-0.4, -0.2) is 42.1 Å². The van der Waals surface area contributed by atoms with Crippen LogP contribution in [0.2, 0.25) is 0 Å². The molecule has 0 aromatic heterocycles. The summed E-state index contributed by atoms with van der Waals surface area (Å²) in [7, 11) is 0. The maximum Gasteiger partial charge on any atom is 0.223 e. The second-order valence-electron chi connectivity index (χ2n) is 8.70. The van der Waals surface area contributed by atoms with Crippen LogP contribution in [0.1, 0.15) is 55.2 Å². The van der Waals surface area contributed by atoms with Crippen LogP contribution < -0.4 is 5.32 Å². The number of benzene rings is 1. The number of likely N-dealkylation sites (tertiary alicyclic amines) is 1. The van der Waals surface area contributed by atoms with Crippen LogP contribution in [0, 0.1) is 19.8 Å². The molecule has 1 N–H and O–H groups in total. The molecule has 0 radical (unpaired) electrons. The van der Waals surface area contributed by atoms with Crippen molar-refractivity contribution >= 4 is 5.91 Å². The number of nitrogens with one attached hydrogen (secondary N) is 1. The van der Waals surface area contributed by atoms with Gasteiger partial charge in [-0.1, -0.05) is 18.2 Å². The Bertz CT molecular complexity index is 660. The third-order valence-corrected chi connectivity index (χ3v) is 6.53. The van der Waals surface area contributed by atoms with Gasteiger partial charge in [-0.15, -0.1) is 0 Å². The van der Waals surface area contributed by atoms with E-state index in [1.54, 1.807) is 0 Å². The highest BCUT2D eigenvalue weighted by atomic mass is 16.5. The first kappa shape index (κ1) is 18.0. The molecule has 26 heavy (non-hydrogen) atoms. The molecule has 1 aliphatic carbocycles. The Morgan fingerprint density at radius 3 is 2.65 bits per heavy atom. The molecule has 0 unspecified atom stereocenters. The maximum atomic E-state index is 12.1. The highest BCUT2D eigenvalue weighted by molar-refractivity contribution is 5.81. The smallest absolute Gasteiger partial charge is 0.223 e. The number of hydrogen-bond donors (Lipinski definition) is 1. The van der Waals surface area contributed by atoms with E-state index in [4.69, 9.17) is 4.74 Å². The number of carbonyl (C=O) groups excluding carboxylic acids is 1. The summed E-state index contributed by atoms with van der Waals surface area (Å²) < 4.78 is 6.25. The van der Waals surface area contributed by atoms with Crippen LogP contribution >= 0.6 is 0 Å². The van der Waals surface area contributed by atoms with Crippen LogP contribution in [0.4, 0.5) is 0 Å². The minimum Gasteiger partial charge on any atom is -0.375 e. The Morgan fingerprint density at radius 2 is 1.96 bits per heavy atom. The summed E-state index contributed by atoms with van der Waals surface area (Å²) in [6, 6.07) is 7.12. The molecule has 4 nitrogen and oxygen atoms in total. The van der Waals surface area contributed by atoms with Gasteiger partial charge in [0.1, 0.15) is 0 Å². The van der Waals surface area contributed by atoms with Gasteiger partial charge in [-0.3, -0.25) is 9.69 Å². The third kappa shape index (κ3) is 4.12. The lowest BCUT2D eigenvalue weighted by Gasteiger charge is -2.46. The molecule has 1 spiro atoms. The Labute approximate surface area is 157 Å². The first-order valence-corrected chi connectivity index (χ1v) is 10.3. The highest BCUT2D eigenvalue weighted by Crippen LogP contribution is 2.36. The van der Waals surface area contributed by atoms with E-state index in [9.17, 15) is 4.79 Å². The van der Waals surface area contributed by atoms with E-state index in [2.05, 4.69) is 42.3 Å². The van der Waals surface area contributed by atoms with E-state index in [-0.39, 0.29) is 11.5 Å². The van der Waals surface area contributed by atoms with Crippen molar-refractivity contribution in [3.63, 3.8) is 0 Å². The molecule has 142 valence electrons. The third-order valence-electron chi connectivity index (χ3n) is 6.53. The molecule has 1 aromatic carbocycles. The van der Waals surface area contributed by atoms with Crippen molar-refractivity contribution in [1.29, 1.82) is 0 Å². The molecule has 0 bridgehead atoms. The fourth-order valence-electron chi connectivity index (χ4n) is 4.44. The molecule has 1 aromatic rings. The largest absolute Gasteiger partial charge is 0.375 e. The fourth-order valence-corrected chi connectivity index (χ4v) is 4.44. The molecule has 4 rings (SSSR count). The van der Waals surface area contributed by atoms with Crippen molar-refractivity contribution in [2.75, 3.05) is 19.7 Å². The number of ether oxygens (including phenoxy) is 1. The number of hydrogen-bond acceptors (Lipinski definition) is 3. The number of carbonyl (C=O) groups is 1. The Kier molecular flexibility index (Phi) is 5.07. The molecule has 2 saturated heterocycles. The summed E-state index contributed by atoms with van der Waals surface area (Å²) in [5.74, 6) is 0.577. The van der Waals surface area contributed by atoms with E-state index in [0.717, 1.165) is 64.8 Å². The lowest BCUT2D eigenvalue weighted by molar-refractivity contribution is -0.132. The molecule has 4 heteroatoms. The second kappa shape index (κ2) is 7.32. The molecule has 3 fully saturated rings. The van der Waals surface area contributed by atoms with E-state index in [1.807, 2.05) is 0 Å². The molecule has 1 saturated carbocycles. The van der Waals surface area contributed by atoms with Crippen LogP contribution in [-0.2, 0) is 16.1 Å². The van der Waals surface area contributed by atoms with Gasteiger partial charge in [0, 0.05) is 38.2 Å². The topological polar surface area (TPSA) is 41.6 Å². The fraction of sp³-hybridized carbons (Fsp3) is 0.682. The van der Waals surface area contributed by atoms with E-state index in [1.165, 1.54) is 16.7 Å². The summed E-state index contributed by atoms with van der Waals surface area (Å²) >= 11 is 0. The zero-order chi connectivity index (χ0) is 18.1. The number of rotatable bonds is 4. The molecule has 2 heterocycles. The van der Waals surface area contributed by atoms with Crippen molar-refractivity contribution in [2.24, 2.45) is 5.92 Å². The molecule has 1 amide bonds. The van der Waals surface area contributed by atoms with Crippen molar-refractivity contribution < 1.29 is 9.53 Å². The van der Waals surface area contributed by atoms with E-state index < -0.39 is 0 Å². The minimum atomic E-state index is -0.0144. The SMILES string of the molecule is Cc1ccc(CN2CCC3(CC2)C[C@@H](NC(=O)C2CC2)CCO3)cc1C. The van der Waals surface area contributed by atoms with Gasteiger partial charge < -0.3 is 10.1 Å². The van der Waals surface area contributed by atoms with Crippen LogP contribution in [0.5, 0.6) is 0 Å². The standard InChI is InChI=1S/C22H32N2O2/c1-16-3-4-18(13-17(16)2)15-24-10-8-22(9-11-24)14-20(7-12-26-22)23-21(25)19-5-6-19/h3-4,13,19-20H,5-12,14-15H2,1-2H3,(H,23,25)/t20-/m0/s1. The predicted molar refractivity (Wildman–Crippen MR) is 103 cm³/mol. The predicted octanol–water partition coefficient (Wildman–Crippen LogP) is 3.34. The number of nitrogens with zero attached hydrogens (tertiary/aromatic N) is 1. The van der Waals surface area contributed by atoms with Crippen LogP contribution in [0.25, 0.3) is 0 Å². The van der Waals surface area contributed by atoms with Crippen LogP contribution in [0.3, 0.4) is 0 Å². The first-order chi connectivity index (χ1) is 12.5. The maximum absolute atomic E-state index is 12.1. The normalized spacial score (nSPS) is 26.0. The highest BCUT2D eigenvalue weighted by Gasteiger charge is 2.41. The summed E-state index contributed by atoms with van der Waals surface area (Å²) in [6.45, 7) is 8.33. The molecular formula is C22H32N2O2. The zero-order valence-electron chi connectivity index (χ0n) is 16.2. The molecule has 3 aliphatic rings. The van der Waals surface area contributed by atoms with Crippen molar-refractivity contribution in [3.05, 3.63) is 34.9 Å². The monoisotopic (exact) mass is 356 g/mol. The van der Waals surface area contributed by atoms with E-state index in [0.29, 0.717) is 12.0 Å².